The number of nitrogens with zero attached hydrogens (tertiary/aromatic N) is 5. The number of imidazole rings is 1. The molecular formula is C39H43N7O4. The van der Waals surface area contributed by atoms with Crippen LogP contribution in [0.3, 0.4) is 0 Å². The Morgan fingerprint density at radius 3 is 2.60 bits per heavy atom. The lowest BCUT2D eigenvalue weighted by Gasteiger charge is -2.27. The Labute approximate surface area is 291 Å². The molecule has 2 aromatic carbocycles. The van der Waals surface area contributed by atoms with Crippen molar-refractivity contribution in [1.29, 1.82) is 0 Å². The molecule has 3 N–H and O–H groups in total. The third-order valence-corrected chi connectivity index (χ3v) is 10.7. The molecule has 8 rings (SSSR count). The van der Waals surface area contributed by atoms with Crippen molar-refractivity contribution in [2.45, 2.75) is 58.2 Å². The Bertz CT molecular complexity index is 2180. The van der Waals surface area contributed by atoms with Crippen LogP contribution in [0.25, 0.3) is 44.8 Å². The minimum atomic E-state index is -0.249. The number of benzene rings is 2. The van der Waals surface area contributed by atoms with Gasteiger partial charge in [-0.05, 0) is 99.4 Å². The topological polar surface area (TPSA) is 130 Å². The van der Waals surface area contributed by atoms with Crippen molar-refractivity contribution in [3.8, 4) is 28.5 Å². The number of rotatable bonds is 10. The van der Waals surface area contributed by atoms with Gasteiger partial charge in [0.05, 0.1) is 36.9 Å². The van der Waals surface area contributed by atoms with E-state index in [1.807, 2.05) is 62.2 Å². The van der Waals surface area contributed by atoms with Gasteiger partial charge in [0.15, 0.2) is 5.82 Å². The predicted molar refractivity (Wildman–Crippen MR) is 194 cm³/mol. The van der Waals surface area contributed by atoms with Crippen molar-refractivity contribution in [2.75, 3.05) is 25.6 Å². The molecule has 2 saturated carbocycles. The normalized spacial score (nSPS) is 20.0. The highest BCUT2D eigenvalue weighted by molar-refractivity contribution is 6.01. The zero-order valence-electron chi connectivity index (χ0n) is 29.0. The van der Waals surface area contributed by atoms with Gasteiger partial charge in [-0.3, -0.25) is 9.59 Å². The fraction of sp³-hybridized carbons (Fsp3) is 0.385. The third kappa shape index (κ3) is 5.59. The number of fused-ring (bicyclic) bond motifs is 4. The molecule has 2 amide bonds. The second kappa shape index (κ2) is 12.6. The van der Waals surface area contributed by atoms with Gasteiger partial charge in [-0.1, -0.05) is 6.07 Å². The van der Waals surface area contributed by atoms with Crippen LogP contribution in [0.2, 0.25) is 0 Å². The first kappa shape index (κ1) is 32.1. The Kier molecular flexibility index (Phi) is 8.10. The summed E-state index contributed by atoms with van der Waals surface area (Å²) in [6, 6.07) is 16.1. The van der Waals surface area contributed by atoms with Crippen LogP contribution in [0.4, 0.5) is 5.69 Å². The number of aryl methyl sites for hydroxylation is 2. The quantitative estimate of drug-likeness (QED) is 0.137. The van der Waals surface area contributed by atoms with Gasteiger partial charge in [0, 0.05) is 60.5 Å². The van der Waals surface area contributed by atoms with Gasteiger partial charge in [-0.2, -0.15) is 0 Å². The molecule has 0 spiro atoms. The number of nitrogens with two attached hydrogens (primary N) is 1. The number of methoxy groups -OCH3 is 1. The number of ether oxygens (including phenoxy) is 2. The van der Waals surface area contributed by atoms with Crippen LogP contribution in [0, 0.1) is 18.8 Å². The zero-order chi connectivity index (χ0) is 34.7. The van der Waals surface area contributed by atoms with Gasteiger partial charge in [0.1, 0.15) is 16.9 Å². The summed E-state index contributed by atoms with van der Waals surface area (Å²) in [6.45, 7) is 5.95. The van der Waals surface area contributed by atoms with Crippen molar-refractivity contribution >= 4 is 39.6 Å². The van der Waals surface area contributed by atoms with Crippen LogP contribution < -0.4 is 15.8 Å². The summed E-state index contributed by atoms with van der Waals surface area (Å²) < 4.78 is 15.4. The number of hydrogen-bond acceptors (Lipinski definition) is 7. The number of amides is 2. The first-order valence-corrected chi connectivity index (χ1v) is 17.6. The van der Waals surface area contributed by atoms with Crippen LogP contribution in [0.1, 0.15) is 48.5 Å². The van der Waals surface area contributed by atoms with Crippen molar-refractivity contribution in [1.82, 2.24) is 24.0 Å². The number of hydrogen-bond donors (Lipinski definition) is 2. The molecule has 4 heterocycles. The van der Waals surface area contributed by atoms with Gasteiger partial charge >= 0.3 is 0 Å². The Morgan fingerprint density at radius 1 is 1.06 bits per heavy atom. The lowest BCUT2D eigenvalue weighted by molar-refractivity contribution is -0.112. The van der Waals surface area contributed by atoms with E-state index in [1.54, 1.807) is 7.11 Å². The molecule has 5 aromatic rings. The van der Waals surface area contributed by atoms with Crippen LogP contribution in [0.15, 0.2) is 60.9 Å². The average molecular weight is 674 g/mol. The van der Waals surface area contributed by atoms with Crippen molar-refractivity contribution in [3.63, 3.8) is 0 Å². The molecule has 2 aliphatic carbocycles. The predicted octanol–water partition coefficient (Wildman–Crippen LogP) is 6.03. The van der Waals surface area contributed by atoms with E-state index in [0.717, 1.165) is 64.3 Å². The summed E-state index contributed by atoms with van der Waals surface area (Å²) in [6.07, 6.45) is 7.20. The van der Waals surface area contributed by atoms with Gasteiger partial charge in [0.25, 0.3) is 11.8 Å². The molecule has 11 heteroatoms. The van der Waals surface area contributed by atoms with Crippen LogP contribution >= 0.6 is 0 Å². The van der Waals surface area contributed by atoms with E-state index in [-0.39, 0.29) is 23.9 Å². The minimum Gasteiger partial charge on any atom is -0.501 e. The highest BCUT2D eigenvalue weighted by atomic mass is 16.5. The van der Waals surface area contributed by atoms with Gasteiger partial charge in [-0.15, -0.1) is 0 Å². The lowest BCUT2D eigenvalue weighted by Crippen LogP contribution is -2.41. The van der Waals surface area contributed by atoms with Gasteiger partial charge < -0.3 is 34.6 Å². The third-order valence-electron chi connectivity index (χ3n) is 10.7. The summed E-state index contributed by atoms with van der Waals surface area (Å²) in [4.78, 5) is 38.4. The maximum atomic E-state index is 13.8. The van der Waals surface area contributed by atoms with Gasteiger partial charge in [0.2, 0.25) is 0 Å². The lowest BCUT2D eigenvalue weighted by atomic mass is 10.0. The number of piperidine rings is 1. The van der Waals surface area contributed by atoms with Crippen LogP contribution in [0.5, 0.6) is 5.75 Å². The van der Waals surface area contributed by atoms with Crippen LogP contribution in [-0.2, 0) is 23.1 Å². The summed E-state index contributed by atoms with van der Waals surface area (Å²) in [5, 5.41) is 3.92. The smallest absolute Gasteiger partial charge is 0.254 e. The molecular weight excluding hydrogens is 630 g/mol. The van der Waals surface area contributed by atoms with Gasteiger partial charge in [-0.25, -0.2) is 9.97 Å². The van der Waals surface area contributed by atoms with E-state index in [0.29, 0.717) is 47.5 Å². The Hall–Kier alpha value is -5.16. The number of pyridine rings is 1. The zero-order valence-corrected chi connectivity index (χ0v) is 29.0. The largest absolute Gasteiger partial charge is 0.501 e. The molecule has 3 aromatic heterocycles. The highest BCUT2D eigenvalue weighted by Gasteiger charge is 2.47. The van der Waals surface area contributed by atoms with E-state index in [9.17, 15) is 9.59 Å². The highest BCUT2D eigenvalue weighted by Crippen LogP contribution is 2.40. The summed E-state index contributed by atoms with van der Waals surface area (Å²) in [7, 11) is 3.64. The molecule has 3 atom stereocenters. The van der Waals surface area contributed by atoms with E-state index in [4.69, 9.17) is 25.2 Å². The van der Waals surface area contributed by atoms with Crippen molar-refractivity contribution < 1.29 is 19.1 Å². The molecule has 0 radical (unpaired) electrons. The SMILES string of the molecule is CCO/C=C/C(=O)Nc1ccc(-c2ccc3cc(-c4nc5cc(C(=O)N6CC7CCC6C7N)cc(OC)c5n4C)n(CC4CC4)c3n2)c(C)c1. The first-order chi connectivity index (χ1) is 24.2. The van der Waals surface area contributed by atoms with E-state index in [2.05, 4.69) is 26.6 Å². The fourth-order valence-electron chi connectivity index (χ4n) is 7.89. The fourth-order valence-corrected chi connectivity index (χ4v) is 7.89. The molecule has 50 heavy (non-hydrogen) atoms. The van der Waals surface area contributed by atoms with E-state index >= 15 is 0 Å². The molecule has 3 fully saturated rings. The Balaban J connectivity index is 1.16. The second-order valence-electron chi connectivity index (χ2n) is 14.0. The number of anilines is 1. The minimum absolute atomic E-state index is 0.0104. The molecule has 258 valence electrons. The number of aromatic nitrogens is 4. The number of carbonyl (C=O) groups excluding carboxylic acids is 2. The monoisotopic (exact) mass is 673 g/mol. The average Bonchev–Trinajstić information content (AvgIpc) is 3.51. The number of likely N-dealkylation sites (tertiary alicyclic amines) is 1. The van der Waals surface area contributed by atoms with Crippen molar-refractivity contribution in [2.24, 2.45) is 24.6 Å². The standard InChI is InChI=1S/C39H43N7O4/c1-5-50-15-14-34(47)41-27-10-11-28(22(2)16-27)29-12-8-24-18-32(45(37(24)42-29)20-23-6-7-23)38-43-30-17-26(19-33(49-4)36(30)44(38)3)39(48)46-21-25-9-13-31(46)35(25)40/h8,10-12,14-19,23,25,31,35H,5-7,9,13,20-21,40H2,1-4H3,(H,41,47)/b15-14+. The number of nitrogens with one attached hydrogen (secondary N) is 1. The summed E-state index contributed by atoms with van der Waals surface area (Å²) >= 11 is 0. The second-order valence-corrected chi connectivity index (χ2v) is 14.0. The first-order valence-electron chi connectivity index (χ1n) is 17.6. The molecule has 2 bridgehead atoms. The maximum Gasteiger partial charge on any atom is 0.254 e. The molecule has 1 saturated heterocycles. The summed E-state index contributed by atoms with van der Waals surface area (Å²) in [5.74, 6) is 2.12. The maximum absolute atomic E-state index is 13.8. The number of carbonyl (C=O) groups is 2. The van der Waals surface area contributed by atoms with E-state index < -0.39 is 0 Å². The van der Waals surface area contributed by atoms with E-state index in [1.165, 1.54) is 25.2 Å². The molecule has 3 aliphatic rings. The molecule has 11 nitrogen and oxygen atoms in total. The summed E-state index contributed by atoms with van der Waals surface area (Å²) in [5.41, 5.74) is 14.0. The Morgan fingerprint density at radius 2 is 1.90 bits per heavy atom. The van der Waals surface area contributed by atoms with Crippen LogP contribution in [-0.4, -0.2) is 68.2 Å². The molecule has 3 unspecified atom stereocenters. The molecule has 1 aliphatic heterocycles. The van der Waals surface area contributed by atoms with Crippen molar-refractivity contribution in [3.05, 3.63) is 72.0 Å².